The molecule has 0 spiro atoms. The summed E-state index contributed by atoms with van der Waals surface area (Å²) >= 11 is 0. The Morgan fingerprint density at radius 3 is 1.60 bits per heavy atom. The second-order valence-corrected chi connectivity index (χ2v) is 0.245. The Bertz CT molecular complexity index is 17.1. The van der Waals surface area contributed by atoms with Gasteiger partial charge in [-0.05, 0) is 0 Å². The normalized spacial score (nSPS) is 4.20. The second-order valence-electron chi connectivity index (χ2n) is 0.0816. The van der Waals surface area contributed by atoms with Crippen molar-refractivity contribution in [2.24, 2.45) is 0 Å². The van der Waals surface area contributed by atoms with Crippen molar-refractivity contribution in [3.63, 3.8) is 0 Å². The molecule has 5 heteroatoms. The molecule has 0 bridgehead atoms. The van der Waals surface area contributed by atoms with Gasteiger partial charge in [-0.15, -0.1) is 0 Å². The fourth-order valence-electron chi connectivity index (χ4n) is 0. The van der Waals surface area contributed by atoms with E-state index in [4.69, 9.17) is 9.46 Å². The molecule has 0 atom stereocenters. The first-order valence-electron chi connectivity index (χ1n) is 0.383. The van der Waals surface area contributed by atoms with Gasteiger partial charge in [0, 0.05) is 0 Å². The quantitative estimate of drug-likeness (QED) is 0.341. The summed E-state index contributed by atoms with van der Waals surface area (Å²) in [6, 6.07) is 0. The maximum absolute atomic E-state index is 8.46. The number of hydrogen-bond donors (Lipinski definition) is 2. The van der Waals surface area contributed by atoms with Gasteiger partial charge in [0.2, 0.25) is 0 Å². The molecule has 0 fully saturated rings. The Labute approximate surface area is 74.4 Å². The van der Waals surface area contributed by atoms with Crippen LogP contribution in [0.4, 0.5) is 0 Å². The van der Waals surface area contributed by atoms with Crippen LogP contribution < -0.4 is 6.15 Å². The van der Waals surface area contributed by atoms with Crippen molar-refractivity contribution in [2.45, 2.75) is 0 Å². The summed E-state index contributed by atoms with van der Waals surface area (Å²) in [6.45, 7) is 0. The number of hydrogen-bond acceptors (Lipinski definition) is 2. The third kappa shape index (κ3) is 27.6. The molecule has 0 aromatic heterocycles. The van der Waals surface area contributed by atoms with Crippen LogP contribution in [0.1, 0.15) is 0 Å². The molecule has 4 N–H and O–H groups in total. The molecule has 0 aromatic rings. The van der Waals surface area contributed by atoms with E-state index in [1.807, 2.05) is 0 Å². The fourth-order valence-corrected chi connectivity index (χ4v) is 0. The van der Waals surface area contributed by atoms with E-state index in [0.29, 0.717) is 0 Å². The first-order chi connectivity index (χ1) is 1.41. The molecule has 5 heavy (non-hydrogen) atoms. The van der Waals surface area contributed by atoms with Crippen LogP contribution in [0.15, 0.2) is 0 Å². The third-order valence-electron chi connectivity index (χ3n) is 0. The molecule has 0 aromatic carbocycles. The molecule has 0 heterocycles. The predicted molar refractivity (Wildman–Crippen MR) is 22.0 cm³/mol. The zero-order valence-electron chi connectivity index (χ0n) is 2.01. The summed E-state index contributed by atoms with van der Waals surface area (Å²) < 4.78 is 8.46. The zero-order valence-corrected chi connectivity index (χ0v) is 2.90. The zero-order chi connectivity index (χ0) is 2.71. The molecule has 0 saturated carbocycles. The van der Waals surface area contributed by atoms with E-state index in [1.165, 1.54) is 0 Å². The van der Waals surface area contributed by atoms with Gasteiger partial charge in [0.1, 0.15) is 0 Å². The van der Waals surface area contributed by atoms with Crippen LogP contribution in [-0.4, -0.2) is 56.3 Å². The summed E-state index contributed by atoms with van der Waals surface area (Å²) in [7, 11) is -0.833. The molecule has 0 aliphatic heterocycles. The molecule has 0 aliphatic rings. The van der Waals surface area contributed by atoms with E-state index in [0.717, 1.165) is 0 Å². The Hall–Kier alpha value is 1.66. The summed E-state index contributed by atoms with van der Waals surface area (Å²) in [5.41, 5.74) is 0. The summed E-state index contributed by atoms with van der Waals surface area (Å²) in [4.78, 5) is 6.99. The van der Waals surface area contributed by atoms with Crippen LogP contribution in [0.25, 0.3) is 0 Å². The summed E-state index contributed by atoms with van der Waals surface area (Å²) in [6.07, 6.45) is 0. The van der Waals surface area contributed by atoms with Crippen LogP contribution >= 0.6 is 8.69 Å². The molecule has 3 nitrogen and oxygen atoms in total. The molecule has 0 radical (unpaired) electrons. The standard InChI is InChI=1S/K.H3N.HO2P.H/c;;1-3-2;/h;1H3;(H,1,2);. The van der Waals surface area contributed by atoms with Gasteiger partial charge in [0.25, 0.3) is 0 Å². The Morgan fingerprint density at radius 2 is 1.60 bits per heavy atom. The fraction of sp³-hybridized carbons (Fsp3) is 0. The van der Waals surface area contributed by atoms with E-state index in [9.17, 15) is 0 Å². The SMILES string of the molecule is N.O=PO.[KH]. The Morgan fingerprint density at radius 1 is 1.60 bits per heavy atom. The predicted octanol–water partition coefficient (Wildman–Crippen LogP) is -0.301. The molecular formula is H5KNO2P. The van der Waals surface area contributed by atoms with Crippen molar-refractivity contribution in [3.8, 4) is 0 Å². The van der Waals surface area contributed by atoms with Gasteiger partial charge in [-0.25, -0.2) is 4.57 Å². The van der Waals surface area contributed by atoms with E-state index in [2.05, 4.69) is 0 Å². The molecule has 28 valence electrons. The average molecular weight is 121 g/mol. The van der Waals surface area contributed by atoms with E-state index in [1.54, 1.807) is 0 Å². The van der Waals surface area contributed by atoms with Gasteiger partial charge in [-0.3, -0.25) is 0 Å². The van der Waals surface area contributed by atoms with Crippen molar-refractivity contribution >= 4 is 60.1 Å². The van der Waals surface area contributed by atoms with Crippen LogP contribution in [-0.2, 0) is 4.57 Å². The van der Waals surface area contributed by atoms with Crippen LogP contribution in [0.5, 0.6) is 0 Å². The van der Waals surface area contributed by atoms with Crippen LogP contribution in [0, 0.1) is 0 Å². The van der Waals surface area contributed by atoms with E-state index >= 15 is 0 Å². The van der Waals surface area contributed by atoms with Gasteiger partial charge in [-0.2, -0.15) is 0 Å². The molecule has 0 unspecified atom stereocenters. The Balaban J connectivity index is -0.0000000200. The van der Waals surface area contributed by atoms with Crippen molar-refractivity contribution < 1.29 is 9.46 Å². The number of rotatable bonds is 0. The molecular weight excluding hydrogens is 116 g/mol. The summed E-state index contributed by atoms with van der Waals surface area (Å²) in [5, 5.41) is 0. The van der Waals surface area contributed by atoms with E-state index < -0.39 is 8.69 Å². The van der Waals surface area contributed by atoms with Gasteiger partial charge in [0.05, 0.1) is 0 Å². The van der Waals surface area contributed by atoms with Crippen molar-refractivity contribution in [1.82, 2.24) is 6.15 Å². The summed E-state index contributed by atoms with van der Waals surface area (Å²) in [5.74, 6) is 0. The minimum atomic E-state index is -0.833. The topological polar surface area (TPSA) is 72.3 Å². The van der Waals surface area contributed by atoms with Gasteiger partial charge in [0.15, 0.2) is 0 Å². The minimum absolute atomic E-state index is 0. The van der Waals surface area contributed by atoms with Crippen molar-refractivity contribution in [1.29, 1.82) is 0 Å². The molecule has 0 saturated heterocycles. The maximum atomic E-state index is 8.46. The van der Waals surface area contributed by atoms with Crippen molar-refractivity contribution in [2.75, 3.05) is 0 Å². The first-order valence-corrected chi connectivity index (χ1v) is 1.15. The second kappa shape index (κ2) is 17.4. The molecule has 0 amide bonds. The Kier molecular flexibility index (Phi) is 55.4. The average Bonchev–Trinajstić information content (AvgIpc) is 0.918. The van der Waals surface area contributed by atoms with Crippen LogP contribution in [0.2, 0.25) is 0 Å². The van der Waals surface area contributed by atoms with Gasteiger partial charge < -0.3 is 11.0 Å². The molecule has 0 rings (SSSR count). The third-order valence-corrected chi connectivity index (χ3v) is 0. The van der Waals surface area contributed by atoms with Gasteiger partial charge >= 0.3 is 60.1 Å². The van der Waals surface area contributed by atoms with Crippen molar-refractivity contribution in [3.05, 3.63) is 0 Å². The van der Waals surface area contributed by atoms with Crippen LogP contribution in [0.3, 0.4) is 0 Å². The van der Waals surface area contributed by atoms with E-state index in [-0.39, 0.29) is 57.5 Å². The monoisotopic (exact) mass is 121 g/mol. The van der Waals surface area contributed by atoms with Gasteiger partial charge in [-0.1, -0.05) is 0 Å². The molecule has 0 aliphatic carbocycles. The first kappa shape index (κ1) is 15.9.